The monoisotopic (exact) mass is 256 g/mol. The first-order chi connectivity index (χ1) is 9.28. The second kappa shape index (κ2) is 4.72. The maximum atomic E-state index is 5.81. The van der Waals surface area contributed by atoms with Gasteiger partial charge in [-0.2, -0.15) is 0 Å². The molecule has 4 heteroatoms. The molecule has 0 fully saturated rings. The Morgan fingerprint density at radius 3 is 2.95 bits per heavy atom. The molecule has 1 heterocycles. The standard InChI is InChI=1S/C15H16N2O2/c1-18-15-8-10(6-7-12(15)16)17-13-9-19-14-5-3-2-4-11(13)14/h2-8,13,17H,9,16H2,1H3. The average molecular weight is 256 g/mol. The maximum absolute atomic E-state index is 5.81. The number of methoxy groups -OCH3 is 1. The lowest BCUT2D eigenvalue weighted by Gasteiger charge is -2.14. The summed E-state index contributed by atoms with van der Waals surface area (Å²) in [5.74, 6) is 1.62. The number of fused-ring (bicyclic) bond motifs is 1. The first-order valence-electron chi connectivity index (χ1n) is 6.19. The maximum Gasteiger partial charge on any atom is 0.143 e. The van der Waals surface area contributed by atoms with Gasteiger partial charge in [-0.3, -0.25) is 0 Å². The van der Waals surface area contributed by atoms with Crippen molar-refractivity contribution < 1.29 is 9.47 Å². The molecule has 0 saturated carbocycles. The summed E-state index contributed by atoms with van der Waals surface area (Å²) in [6, 6.07) is 13.9. The summed E-state index contributed by atoms with van der Waals surface area (Å²) < 4.78 is 10.9. The van der Waals surface area contributed by atoms with Crippen molar-refractivity contribution >= 4 is 11.4 Å². The first kappa shape index (κ1) is 11.7. The molecule has 0 aromatic heterocycles. The molecule has 98 valence electrons. The van der Waals surface area contributed by atoms with Crippen molar-refractivity contribution in [2.45, 2.75) is 6.04 Å². The number of para-hydroxylation sites is 1. The van der Waals surface area contributed by atoms with Crippen LogP contribution in [0.4, 0.5) is 11.4 Å². The van der Waals surface area contributed by atoms with E-state index in [9.17, 15) is 0 Å². The fourth-order valence-electron chi connectivity index (χ4n) is 2.28. The van der Waals surface area contributed by atoms with Gasteiger partial charge in [0.2, 0.25) is 0 Å². The minimum atomic E-state index is 0.157. The van der Waals surface area contributed by atoms with Gasteiger partial charge in [0.15, 0.2) is 0 Å². The quantitative estimate of drug-likeness (QED) is 0.829. The predicted molar refractivity (Wildman–Crippen MR) is 75.7 cm³/mol. The number of anilines is 2. The highest BCUT2D eigenvalue weighted by atomic mass is 16.5. The van der Waals surface area contributed by atoms with E-state index in [1.807, 2.05) is 36.4 Å². The molecule has 0 bridgehead atoms. The van der Waals surface area contributed by atoms with Crippen LogP contribution in [-0.4, -0.2) is 13.7 Å². The first-order valence-corrected chi connectivity index (χ1v) is 6.19. The van der Waals surface area contributed by atoms with Crippen LogP contribution < -0.4 is 20.5 Å². The molecule has 0 aliphatic carbocycles. The minimum Gasteiger partial charge on any atom is -0.495 e. The van der Waals surface area contributed by atoms with Crippen molar-refractivity contribution in [1.29, 1.82) is 0 Å². The fourth-order valence-corrected chi connectivity index (χ4v) is 2.28. The molecule has 1 aliphatic heterocycles. The van der Waals surface area contributed by atoms with E-state index in [2.05, 4.69) is 11.4 Å². The molecule has 0 saturated heterocycles. The van der Waals surface area contributed by atoms with Crippen molar-refractivity contribution in [3.05, 3.63) is 48.0 Å². The number of benzene rings is 2. The summed E-state index contributed by atoms with van der Waals surface area (Å²) in [7, 11) is 1.61. The summed E-state index contributed by atoms with van der Waals surface area (Å²) in [4.78, 5) is 0. The van der Waals surface area contributed by atoms with E-state index < -0.39 is 0 Å². The van der Waals surface area contributed by atoms with Gasteiger partial charge in [0.05, 0.1) is 18.8 Å². The SMILES string of the molecule is COc1cc(NC2COc3ccccc32)ccc1N. The molecule has 0 spiro atoms. The molecule has 2 aromatic rings. The van der Waals surface area contributed by atoms with Crippen LogP contribution in [0.3, 0.4) is 0 Å². The van der Waals surface area contributed by atoms with Gasteiger partial charge in [0.25, 0.3) is 0 Å². The van der Waals surface area contributed by atoms with E-state index in [0.29, 0.717) is 18.0 Å². The van der Waals surface area contributed by atoms with E-state index in [-0.39, 0.29) is 6.04 Å². The predicted octanol–water partition coefficient (Wildman–Crippen LogP) is 2.82. The zero-order chi connectivity index (χ0) is 13.2. The highest BCUT2D eigenvalue weighted by Crippen LogP contribution is 2.35. The number of nitrogen functional groups attached to an aromatic ring is 1. The highest BCUT2D eigenvalue weighted by Gasteiger charge is 2.23. The molecule has 19 heavy (non-hydrogen) atoms. The second-order valence-corrected chi connectivity index (χ2v) is 4.50. The molecule has 0 amide bonds. The molecular weight excluding hydrogens is 240 g/mol. The number of nitrogens with one attached hydrogen (secondary N) is 1. The normalized spacial score (nSPS) is 16.6. The highest BCUT2D eigenvalue weighted by molar-refractivity contribution is 5.62. The third-order valence-corrected chi connectivity index (χ3v) is 3.27. The fraction of sp³-hybridized carbons (Fsp3) is 0.200. The number of hydrogen-bond donors (Lipinski definition) is 2. The summed E-state index contributed by atoms with van der Waals surface area (Å²) in [5.41, 5.74) is 8.59. The Morgan fingerprint density at radius 1 is 1.26 bits per heavy atom. The molecule has 0 radical (unpaired) electrons. The molecule has 2 aromatic carbocycles. The third-order valence-electron chi connectivity index (χ3n) is 3.27. The molecule has 3 N–H and O–H groups in total. The Balaban J connectivity index is 1.83. The Labute approximate surface area is 112 Å². The zero-order valence-corrected chi connectivity index (χ0v) is 10.7. The number of rotatable bonds is 3. The second-order valence-electron chi connectivity index (χ2n) is 4.50. The van der Waals surface area contributed by atoms with E-state index >= 15 is 0 Å². The van der Waals surface area contributed by atoms with Gasteiger partial charge < -0.3 is 20.5 Å². The van der Waals surface area contributed by atoms with Crippen LogP contribution in [0.2, 0.25) is 0 Å². The molecule has 1 unspecified atom stereocenters. The Bertz CT molecular complexity index is 598. The Hall–Kier alpha value is -2.36. The Kier molecular flexibility index (Phi) is 2.91. The summed E-state index contributed by atoms with van der Waals surface area (Å²) in [5, 5.41) is 3.44. The van der Waals surface area contributed by atoms with Gasteiger partial charge >= 0.3 is 0 Å². The third kappa shape index (κ3) is 2.17. The number of hydrogen-bond acceptors (Lipinski definition) is 4. The van der Waals surface area contributed by atoms with Crippen LogP contribution in [0.15, 0.2) is 42.5 Å². The molecule has 3 rings (SSSR count). The number of nitrogens with two attached hydrogens (primary N) is 1. The van der Waals surface area contributed by atoms with Gasteiger partial charge in [-0.1, -0.05) is 18.2 Å². The summed E-state index contributed by atoms with van der Waals surface area (Å²) in [6.07, 6.45) is 0. The lowest BCUT2D eigenvalue weighted by atomic mass is 10.1. The van der Waals surface area contributed by atoms with Crippen molar-refractivity contribution in [1.82, 2.24) is 0 Å². The van der Waals surface area contributed by atoms with Crippen LogP contribution in [-0.2, 0) is 0 Å². The molecular formula is C15H16N2O2. The van der Waals surface area contributed by atoms with E-state index in [1.165, 1.54) is 5.56 Å². The van der Waals surface area contributed by atoms with Gasteiger partial charge in [-0.05, 0) is 18.2 Å². The number of ether oxygens (including phenoxy) is 2. The lowest BCUT2D eigenvalue weighted by Crippen LogP contribution is -2.12. The van der Waals surface area contributed by atoms with Crippen LogP contribution in [0, 0.1) is 0 Å². The lowest BCUT2D eigenvalue weighted by molar-refractivity contribution is 0.340. The minimum absolute atomic E-state index is 0.157. The van der Waals surface area contributed by atoms with Crippen LogP contribution in [0.25, 0.3) is 0 Å². The van der Waals surface area contributed by atoms with Crippen molar-refractivity contribution in [2.24, 2.45) is 0 Å². The van der Waals surface area contributed by atoms with Crippen molar-refractivity contribution in [3.63, 3.8) is 0 Å². The van der Waals surface area contributed by atoms with Crippen LogP contribution >= 0.6 is 0 Å². The Morgan fingerprint density at radius 2 is 2.11 bits per heavy atom. The molecule has 1 atom stereocenters. The van der Waals surface area contributed by atoms with E-state index in [0.717, 1.165) is 11.4 Å². The smallest absolute Gasteiger partial charge is 0.143 e. The van der Waals surface area contributed by atoms with Crippen LogP contribution in [0.5, 0.6) is 11.5 Å². The average Bonchev–Trinajstić information content (AvgIpc) is 2.84. The van der Waals surface area contributed by atoms with Crippen molar-refractivity contribution in [3.8, 4) is 11.5 Å². The topological polar surface area (TPSA) is 56.5 Å². The zero-order valence-electron chi connectivity index (χ0n) is 10.7. The van der Waals surface area contributed by atoms with E-state index in [1.54, 1.807) is 7.11 Å². The van der Waals surface area contributed by atoms with Gasteiger partial charge in [0.1, 0.15) is 18.1 Å². The van der Waals surface area contributed by atoms with Crippen LogP contribution in [0.1, 0.15) is 11.6 Å². The van der Waals surface area contributed by atoms with E-state index in [4.69, 9.17) is 15.2 Å². The van der Waals surface area contributed by atoms with Gasteiger partial charge in [-0.15, -0.1) is 0 Å². The van der Waals surface area contributed by atoms with Gasteiger partial charge in [0, 0.05) is 17.3 Å². The largest absolute Gasteiger partial charge is 0.495 e. The molecule has 1 aliphatic rings. The van der Waals surface area contributed by atoms with Gasteiger partial charge in [-0.25, -0.2) is 0 Å². The summed E-state index contributed by atoms with van der Waals surface area (Å²) >= 11 is 0. The summed E-state index contributed by atoms with van der Waals surface area (Å²) in [6.45, 7) is 0.631. The van der Waals surface area contributed by atoms with Crippen molar-refractivity contribution in [2.75, 3.05) is 24.8 Å². The molecule has 4 nitrogen and oxygen atoms in total.